The summed E-state index contributed by atoms with van der Waals surface area (Å²) < 4.78 is 33.0. The summed E-state index contributed by atoms with van der Waals surface area (Å²) in [6.45, 7) is 0.648. The molecule has 0 unspecified atom stereocenters. The number of rotatable bonds is 5. The minimum atomic E-state index is -3.59. The van der Waals surface area contributed by atoms with Gasteiger partial charge in [-0.1, -0.05) is 24.3 Å². The molecular formula is C18H21N3O4S. The Balaban J connectivity index is 1.73. The van der Waals surface area contributed by atoms with Gasteiger partial charge >= 0.3 is 0 Å². The molecular weight excluding hydrogens is 354 g/mol. The zero-order valence-electron chi connectivity index (χ0n) is 14.5. The standard InChI is InChI=1S/C18H21N3O4S/c1-25-17-11-5-10-16(19-17)18(22)21-12-6-9-15(13-21)26(23,24)20-14-7-3-2-4-8-14/h2-5,7-8,10-11,15,20H,6,9,12-13H2,1H3/t15-/m1/s1. The van der Waals surface area contributed by atoms with Crippen LogP contribution < -0.4 is 9.46 Å². The number of nitrogens with one attached hydrogen (secondary N) is 1. The van der Waals surface area contributed by atoms with Crippen LogP contribution in [0.1, 0.15) is 23.3 Å². The van der Waals surface area contributed by atoms with E-state index in [4.69, 9.17) is 4.74 Å². The number of anilines is 1. The van der Waals surface area contributed by atoms with E-state index in [9.17, 15) is 13.2 Å². The van der Waals surface area contributed by atoms with Crippen LogP contribution in [0.15, 0.2) is 48.5 Å². The van der Waals surface area contributed by atoms with Gasteiger partial charge < -0.3 is 9.64 Å². The van der Waals surface area contributed by atoms with Crippen LogP contribution in [0.2, 0.25) is 0 Å². The van der Waals surface area contributed by atoms with Gasteiger partial charge in [-0.2, -0.15) is 0 Å². The lowest BCUT2D eigenvalue weighted by atomic mass is 10.1. The summed E-state index contributed by atoms with van der Waals surface area (Å²) in [6, 6.07) is 13.7. The van der Waals surface area contributed by atoms with Crippen molar-refractivity contribution in [3.8, 4) is 5.88 Å². The highest BCUT2D eigenvalue weighted by Crippen LogP contribution is 2.21. The van der Waals surface area contributed by atoms with Crippen molar-refractivity contribution in [1.29, 1.82) is 0 Å². The van der Waals surface area contributed by atoms with Gasteiger partial charge in [-0.25, -0.2) is 13.4 Å². The number of sulfonamides is 1. The minimum absolute atomic E-state index is 0.139. The van der Waals surface area contributed by atoms with Crippen LogP contribution in [0.3, 0.4) is 0 Å². The zero-order valence-corrected chi connectivity index (χ0v) is 15.3. The third-order valence-electron chi connectivity index (χ3n) is 4.29. The van der Waals surface area contributed by atoms with E-state index < -0.39 is 15.3 Å². The van der Waals surface area contributed by atoms with Crippen LogP contribution in [0, 0.1) is 0 Å². The molecule has 7 nitrogen and oxygen atoms in total. The fraction of sp³-hybridized carbons (Fsp3) is 0.333. The largest absolute Gasteiger partial charge is 0.481 e. The Hall–Kier alpha value is -2.61. The summed E-state index contributed by atoms with van der Waals surface area (Å²) in [6.07, 6.45) is 1.13. The van der Waals surface area contributed by atoms with Gasteiger partial charge in [-0.05, 0) is 31.0 Å². The summed E-state index contributed by atoms with van der Waals surface area (Å²) in [4.78, 5) is 18.4. The SMILES string of the molecule is COc1cccc(C(=O)N2CCC[C@@H](S(=O)(=O)Nc3ccccc3)C2)n1. The van der Waals surface area contributed by atoms with Gasteiger partial charge in [0.05, 0.1) is 12.4 Å². The molecule has 0 radical (unpaired) electrons. The Morgan fingerprint density at radius 1 is 1.19 bits per heavy atom. The van der Waals surface area contributed by atoms with E-state index in [1.807, 2.05) is 6.07 Å². The topological polar surface area (TPSA) is 88.6 Å². The van der Waals surface area contributed by atoms with Crippen molar-refractivity contribution in [1.82, 2.24) is 9.88 Å². The van der Waals surface area contributed by atoms with E-state index in [2.05, 4.69) is 9.71 Å². The number of carbonyl (C=O) groups is 1. The maximum atomic E-state index is 12.7. The molecule has 0 saturated carbocycles. The predicted molar refractivity (Wildman–Crippen MR) is 98.7 cm³/mol. The fourth-order valence-electron chi connectivity index (χ4n) is 2.94. The highest BCUT2D eigenvalue weighted by atomic mass is 32.2. The summed E-state index contributed by atoms with van der Waals surface area (Å²) in [5.74, 6) is 0.0614. The third kappa shape index (κ3) is 4.13. The Kier molecular flexibility index (Phi) is 5.41. The normalized spacial score (nSPS) is 17.6. The summed E-state index contributed by atoms with van der Waals surface area (Å²) in [5.41, 5.74) is 0.767. The van der Waals surface area contributed by atoms with Crippen LogP contribution in [-0.4, -0.2) is 49.7 Å². The molecule has 1 aliphatic rings. The highest BCUT2D eigenvalue weighted by molar-refractivity contribution is 7.93. The van der Waals surface area contributed by atoms with Gasteiger partial charge in [0.1, 0.15) is 5.69 Å². The second-order valence-electron chi connectivity index (χ2n) is 6.09. The smallest absolute Gasteiger partial charge is 0.272 e. The van der Waals surface area contributed by atoms with E-state index in [1.165, 1.54) is 7.11 Å². The predicted octanol–water partition coefficient (Wildman–Crippen LogP) is 2.14. The summed E-state index contributed by atoms with van der Waals surface area (Å²) in [5, 5.41) is -0.661. The number of methoxy groups -OCH3 is 1. The molecule has 1 aliphatic heterocycles. The number of carbonyl (C=O) groups excluding carboxylic acids is 1. The molecule has 1 aromatic carbocycles. The molecule has 138 valence electrons. The van der Waals surface area contributed by atoms with Crippen molar-refractivity contribution in [2.24, 2.45) is 0 Å². The molecule has 2 heterocycles. The average Bonchev–Trinajstić information content (AvgIpc) is 2.68. The number of hydrogen-bond donors (Lipinski definition) is 1. The molecule has 1 fully saturated rings. The Bertz CT molecular complexity index is 871. The number of ether oxygens (including phenoxy) is 1. The lowest BCUT2D eigenvalue weighted by Gasteiger charge is -2.32. The van der Waals surface area contributed by atoms with Crippen molar-refractivity contribution in [3.63, 3.8) is 0 Å². The Labute approximate surface area is 153 Å². The first-order valence-electron chi connectivity index (χ1n) is 8.36. The first-order valence-corrected chi connectivity index (χ1v) is 9.91. The second-order valence-corrected chi connectivity index (χ2v) is 8.05. The van der Waals surface area contributed by atoms with Gasteiger partial charge in [0.2, 0.25) is 15.9 Å². The molecule has 0 aliphatic carbocycles. The Morgan fingerprint density at radius 3 is 2.69 bits per heavy atom. The summed E-state index contributed by atoms with van der Waals surface area (Å²) >= 11 is 0. The number of hydrogen-bond acceptors (Lipinski definition) is 5. The van der Waals surface area contributed by atoms with E-state index in [0.717, 1.165) is 0 Å². The second kappa shape index (κ2) is 7.74. The molecule has 26 heavy (non-hydrogen) atoms. The molecule has 0 spiro atoms. The van der Waals surface area contributed by atoms with Gasteiger partial charge in [0.15, 0.2) is 0 Å². The van der Waals surface area contributed by atoms with Crippen LogP contribution in [0.4, 0.5) is 5.69 Å². The zero-order chi connectivity index (χ0) is 18.6. The number of amides is 1. The fourth-order valence-corrected chi connectivity index (χ4v) is 4.42. The number of pyridine rings is 1. The van der Waals surface area contributed by atoms with E-state index in [-0.39, 0.29) is 18.1 Å². The first-order chi connectivity index (χ1) is 12.5. The van der Waals surface area contributed by atoms with E-state index in [1.54, 1.807) is 47.4 Å². The maximum absolute atomic E-state index is 12.7. The molecule has 1 amide bonds. The first kappa shape index (κ1) is 18.2. The van der Waals surface area contributed by atoms with Crippen molar-refractivity contribution < 1.29 is 17.9 Å². The van der Waals surface area contributed by atoms with Crippen LogP contribution in [0.25, 0.3) is 0 Å². The monoisotopic (exact) mass is 375 g/mol. The summed E-state index contributed by atoms with van der Waals surface area (Å²) in [7, 11) is -2.11. The number of likely N-dealkylation sites (tertiary alicyclic amines) is 1. The molecule has 1 saturated heterocycles. The number of para-hydroxylation sites is 1. The lowest BCUT2D eigenvalue weighted by molar-refractivity contribution is 0.0720. The molecule has 0 bridgehead atoms. The van der Waals surface area contributed by atoms with E-state index in [0.29, 0.717) is 31.0 Å². The third-order valence-corrected chi connectivity index (χ3v) is 6.07. The lowest BCUT2D eigenvalue weighted by Crippen LogP contribution is -2.46. The average molecular weight is 375 g/mol. The number of aromatic nitrogens is 1. The van der Waals surface area contributed by atoms with Gasteiger partial charge in [0.25, 0.3) is 5.91 Å². The van der Waals surface area contributed by atoms with Gasteiger partial charge in [-0.3, -0.25) is 9.52 Å². The van der Waals surface area contributed by atoms with Crippen molar-refractivity contribution >= 4 is 21.6 Å². The van der Waals surface area contributed by atoms with Crippen molar-refractivity contribution in [3.05, 3.63) is 54.2 Å². The van der Waals surface area contributed by atoms with Gasteiger partial charge in [0, 0.05) is 24.8 Å². The maximum Gasteiger partial charge on any atom is 0.272 e. The molecule has 3 rings (SSSR count). The van der Waals surface area contributed by atoms with Crippen LogP contribution in [0.5, 0.6) is 5.88 Å². The molecule has 1 atom stereocenters. The molecule has 8 heteroatoms. The number of piperidine rings is 1. The quantitative estimate of drug-likeness (QED) is 0.865. The van der Waals surface area contributed by atoms with Crippen molar-refractivity contribution in [2.75, 3.05) is 24.9 Å². The number of nitrogens with zero attached hydrogens (tertiary/aromatic N) is 2. The van der Waals surface area contributed by atoms with E-state index >= 15 is 0 Å². The molecule has 1 N–H and O–H groups in total. The van der Waals surface area contributed by atoms with Gasteiger partial charge in [-0.15, -0.1) is 0 Å². The molecule has 1 aromatic heterocycles. The highest BCUT2D eigenvalue weighted by Gasteiger charge is 2.33. The Morgan fingerprint density at radius 2 is 1.96 bits per heavy atom. The molecule has 2 aromatic rings. The minimum Gasteiger partial charge on any atom is -0.481 e. The van der Waals surface area contributed by atoms with Crippen LogP contribution >= 0.6 is 0 Å². The number of benzene rings is 1. The van der Waals surface area contributed by atoms with Crippen LogP contribution in [-0.2, 0) is 10.0 Å². The van der Waals surface area contributed by atoms with Crippen molar-refractivity contribution in [2.45, 2.75) is 18.1 Å².